The number of likely N-dealkylation sites (tertiary alicyclic amines) is 1. The Hall–Kier alpha value is -2.17. The average Bonchev–Trinajstić information content (AvgIpc) is 3.13. The van der Waals surface area contributed by atoms with E-state index in [2.05, 4.69) is 17.0 Å². The van der Waals surface area contributed by atoms with Crippen LogP contribution in [0.1, 0.15) is 47.8 Å². The minimum atomic E-state index is 0.210. The number of pyridine rings is 1. The zero-order valence-corrected chi connectivity index (χ0v) is 14.1. The predicted octanol–water partition coefficient (Wildman–Crippen LogP) is 2.73. The molecule has 2 aromatic heterocycles. The predicted molar refractivity (Wildman–Crippen MR) is 88.9 cm³/mol. The number of hydrogen-bond acceptors (Lipinski definition) is 3. The van der Waals surface area contributed by atoms with Crippen molar-refractivity contribution in [2.45, 2.75) is 45.6 Å². The molecule has 0 unspecified atom stereocenters. The number of nitrogens with zero attached hydrogens (tertiary/aromatic N) is 4. The molecule has 5 nitrogen and oxygen atoms in total. The van der Waals surface area contributed by atoms with E-state index in [1.807, 2.05) is 35.7 Å². The van der Waals surface area contributed by atoms with Gasteiger partial charge in [-0.3, -0.25) is 14.5 Å². The van der Waals surface area contributed by atoms with Crippen molar-refractivity contribution in [2.24, 2.45) is 7.05 Å². The molecule has 1 aliphatic rings. The van der Waals surface area contributed by atoms with Gasteiger partial charge in [0, 0.05) is 38.1 Å². The number of aromatic nitrogens is 3. The van der Waals surface area contributed by atoms with Gasteiger partial charge in [-0.05, 0) is 56.4 Å². The van der Waals surface area contributed by atoms with Crippen LogP contribution in [0.25, 0.3) is 0 Å². The lowest BCUT2D eigenvalue weighted by Crippen LogP contribution is -2.30. The van der Waals surface area contributed by atoms with Crippen LogP contribution in [0.3, 0.4) is 0 Å². The van der Waals surface area contributed by atoms with Crippen LogP contribution in [-0.2, 0) is 18.3 Å². The molecule has 1 aliphatic heterocycles. The van der Waals surface area contributed by atoms with Crippen LogP contribution in [0, 0.1) is 13.8 Å². The van der Waals surface area contributed by atoms with Crippen molar-refractivity contribution in [2.75, 3.05) is 6.54 Å². The molecule has 3 heterocycles. The van der Waals surface area contributed by atoms with Crippen molar-refractivity contribution in [3.8, 4) is 0 Å². The van der Waals surface area contributed by atoms with Gasteiger partial charge in [0.1, 0.15) is 0 Å². The van der Waals surface area contributed by atoms with Crippen LogP contribution >= 0.6 is 0 Å². The summed E-state index contributed by atoms with van der Waals surface area (Å²) in [6, 6.07) is 4.25. The van der Waals surface area contributed by atoms with Gasteiger partial charge in [0.15, 0.2) is 0 Å². The Labute approximate surface area is 137 Å². The summed E-state index contributed by atoms with van der Waals surface area (Å²) in [5.41, 5.74) is 4.59. The van der Waals surface area contributed by atoms with Gasteiger partial charge < -0.3 is 4.90 Å². The van der Waals surface area contributed by atoms with Gasteiger partial charge in [-0.25, -0.2) is 0 Å². The Balaban J connectivity index is 1.68. The molecular weight excluding hydrogens is 288 g/mol. The molecule has 1 saturated heterocycles. The number of aryl methyl sites for hydroxylation is 2. The molecule has 122 valence electrons. The summed E-state index contributed by atoms with van der Waals surface area (Å²) < 4.78 is 1.89. The number of amides is 1. The van der Waals surface area contributed by atoms with E-state index in [-0.39, 0.29) is 11.9 Å². The fraction of sp³-hybridized carbons (Fsp3) is 0.500. The Morgan fingerprint density at radius 1 is 1.30 bits per heavy atom. The molecule has 1 atom stereocenters. The largest absolute Gasteiger partial charge is 0.336 e. The first-order chi connectivity index (χ1) is 11.1. The molecule has 1 amide bonds. The molecule has 5 heteroatoms. The molecular formula is C18H24N4O. The lowest BCUT2D eigenvalue weighted by Gasteiger charge is -2.25. The second kappa shape index (κ2) is 6.52. The van der Waals surface area contributed by atoms with E-state index in [0.717, 1.165) is 37.2 Å². The van der Waals surface area contributed by atoms with E-state index in [9.17, 15) is 4.79 Å². The minimum Gasteiger partial charge on any atom is -0.336 e. The first-order valence-corrected chi connectivity index (χ1v) is 8.26. The third-order valence-electron chi connectivity index (χ3n) is 4.91. The molecule has 0 bridgehead atoms. The van der Waals surface area contributed by atoms with E-state index < -0.39 is 0 Å². The highest BCUT2D eigenvalue weighted by Crippen LogP contribution is 2.32. The van der Waals surface area contributed by atoms with Crippen LogP contribution in [0.5, 0.6) is 0 Å². The van der Waals surface area contributed by atoms with Crippen molar-refractivity contribution in [3.05, 3.63) is 47.0 Å². The molecule has 0 saturated carbocycles. The average molecular weight is 312 g/mol. The van der Waals surface area contributed by atoms with E-state index >= 15 is 0 Å². The van der Waals surface area contributed by atoms with Gasteiger partial charge in [-0.15, -0.1) is 0 Å². The molecule has 23 heavy (non-hydrogen) atoms. The maximum Gasteiger partial charge on any atom is 0.223 e. The normalized spacial score (nSPS) is 17.7. The van der Waals surface area contributed by atoms with Crippen molar-refractivity contribution in [1.82, 2.24) is 19.7 Å². The van der Waals surface area contributed by atoms with Gasteiger partial charge in [0.05, 0.1) is 11.7 Å². The first kappa shape index (κ1) is 15.7. The molecule has 0 aromatic carbocycles. The van der Waals surface area contributed by atoms with Crippen LogP contribution in [0.2, 0.25) is 0 Å². The molecule has 0 N–H and O–H groups in total. The van der Waals surface area contributed by atoms with Crippen molar-refractivity contribution in [3.63, 3.8) is 0 Å². The Bertz CT molecular complexity index is 693. The first-order valence-electron chi connectivity index (χ1n) is 8.26. The highest BCUT2D eigenvalue weighted by atomic mass is 16.2. The maximum atomic E-state index is 12.7. The fourth-order valence-electron chi connectivity index (χ4n) is 3.55. The third-order valence-corrected chi connectivity index (χ3v) is 4.91. The van der Waals surface area contributed by atoms with Gasteiger partial charge >= 0.3 is 0 Å². The molecule has 0 radical (unpaired) electrons. The number of hydrogen-bond donors (Lipinski definition) is 0. The van der Waals surface area contributed by atoms with Crippen LogP contribution in [-0.4, -0.2) is 32.1 Å². The Kier molecular flexibility index (Phi) is 4.46. The quantitative estimate of drug-likeness (QED) is 0.872. The maximum absolute atomic E-state index is 12.7. The van der Waals surface area contributed by atoms with E-state index in [1.54, 1.807) is 12.4 Å². The summed E-state index contributed by atoms with van der Waals surface area (Å²) in [6.45, 7) is 4.94. The monoisotopic (exact) mass is 312 g/mol. The minimum absolute atomic E-state index is 0.210. The van der Waals surface area contributed by atoms with Gasteiger partial charge in [-0.1, -0.05) is 0 Å². The van der Waals surface area contributed by atoms with Gasteiger partial charge in [0.2, 0.25) is 5.91 Å². The molecule has 2 aromatic rings. The summed E-state index contributed by atoms with van der Waals surface area (Å²) in [5.74, 6) is 0.243. The standard InChI is InChI=1S/C18H24N4O/c1-13-16(14(2)21(3)20-13)6-7-18(23)22-12-4-5-17(22)15-8-10-19-11-9-15/h8-11,17H,4-7,12H2,1-3H3/t17-/m1/s1. The molecule has 3 rings (SSSR count). The van der Waals surface area contributed by atoms with E-state index in [4.69, 9.17) is 0 Å². The highest BCUT2D eigenvalue weighted by Gasteiger charge is 2.29. The van der Waals surface area contributed by atoms with E-state index in [1.165, 1.54) is 11.1 Å². The Morgan fingerprint density at radius 2 is 2.04 bits per heavy atom. The highest BCUT2D eigenvalue weighted by molar-refractivity contribution is 5.77. The van der Waals surface area contributed by atoms with Crippen molar-refractivity contribution in [1.29, 1.82) is 0 Å². The second-order valence-electron chi connectivity index (χ2n) is 6.30. The topological polar surface area (TPSA) is 51.0 Å². The van der Waals surface area contributed by atoms with E-state index in [0.29, 0.717) is 6.42 Å². The second-order valence-corrected chi connectivity index (χ2v) is 6.30. The summed E-state index contributed by atoms with van der Waals surface area (Å²) >= 11 is 0. The number of rotatable bonds is 4. The summed E-state index contributed by atoms with van der Waals surface area (Å²) in [7, 11) is 1.95. The van der Waals surface area contributed by atoms with Gasteiger partial charge in [0.25, 0.3) is 0 Å². The molecule has 0 spiro atoms. The SMILES string of the molecule is Cc1nn(C)c(C)c1CCC(=O)N1CCC[C@@H]1c1ccncc1. The summed E-state index contributed by atoms with van der Waals surface area (Å²) in [6.07, 6.45) is 7.04. The summed E-state index contributed by atoms with van der Waals surface area (Å²) in [5, 5.41) is 4.43. The van der Waals surface area contributed by atoms with Crippen molar-refractivity contribution >= 4 is 5.91 Å². The fourth-order valence-corrected chi connectivity index (χ4v) is 3.55. The van der Waals surface area contributed by atoms with Crippen molar-refractivity contribution < 1.29 is 4.79 Å². The lowest BCUT2D eigenvalue weighted by molar-refractivity contribution is -0.132. The molecule has 1 fully saturated rings. The zero-order valence-electron chi connectivity index (χ0n) is 14.1. The Morgan fingerprint density at radius 3 is 2.70 bits per heavy atom. The van der Waals surface area contributed by atoms with Crippen LogP contribution < -0.4 is 0 Å². The zero-order chi connectivity index (χ0) is 16.4. The number of carbonyl (C=O) groups is 1. The smallest absolute Gasteiger partial charge is 0.223 e. The lowest BCUT2D eigenvalue weighted by atomic mass is 10.0. The molecule has 0 aliphatic carbocycles. The van der Waals surface area contributed by atoms with Crippen LogP contribution in [0.4, 0.5) is 0 Å². The third kappa shape index (κ3) is 3.14. The summed E-state index contributed by atoms with van der Waals surface area (Å²) in [4.78, 5) is 18.8. The number of carbonyl (C=O) groups excluding carboxylic acids is 1. The van der Waals surface area contributed by atoms with Crippen LogP contribution in [0.15, 0.2) is 24.5 Å². The van der Waals surface area contributed by atoms with Gasteiger partial charge in [-0.2, -0.15) is 5.10 Å².